The lowest BCUT2D eigenvalue weighted by Gasteiger charge is -2.23. The van der Waals surface area contributed by atoms with Crippen molar-refractivity contribution < 1.29 is 14.7 Å². The highest BCUT2D eigenvalue weighted by molar-refractivity contribution is 7.22. The fraction of sp³-hybridized carbons (Fsp3) is 0.0417. The molecule has 33 heavy (non-hydrogen) atoms. The van der Waals surface area contributed by atoms with E-state index >= 15 is 0 Å². The molecule has 9 heteroatoms. The van der Waals surface area contributed by atoms with Crippen molar-refractivity contribution in [1.29, 1.82) is 0 Å². The quantitative estimate of drug-likeness (QED) is 0.183. The number of aromatic nitrogens is 1. The van der Waals surface area contributed by atoms with Crippen molar-refractivity contribution in [3.8, 4) is 0 Å². The first-order valence-electron chi connectivity index (χ1n) is 9.72. The standard InChI is InChI=1S/C24H13Cl3N2O3S/c25-14-5-1-12(2-6-14)20-19(21(30)13-3-7-15(26)8-4-13)22(31)23(32)29(20)24-28-17-10-9-16(27)11-18(17)33-24/h1-11,20,30H. The van der Waals surface area contributed by atoms with Crippen LogP contribution in [-0.4, -0.2) is 21.8 Å². The smallest absolute Gasteiger partial charge is 0.301 e. The van der Waals surface area contributed by atoms with Gasteiger partial charge < -0.3 is 5.11 Å². The first-order chi connectivity index (χ1) is 15.8. The summed E-state index contributed by atoms with van der Waals surface area (Å²) in [6, 6.07) is 17.4. The topological polar surface area (TPSA) is 70.5 Å². The Bertz CT molecular complexity index is 1450. The monoisotopic (exact) mass is 514 g/mol. The molecule has 5 rings (SSSR count). The zero-order chi connectivity index (χ0) is 23.3. The third kappa shape index (κ3) is 3.89. The Balaban J connectivity index is 1.73. The maximum atomic E-state index is 13.2. The van der Waals surface area contributed by atoms with Gasteiger partial charge in [-0.1, -0.05) is 58.3 Å². The number of carbonyl (C=O) groups excluding carboxylic acids is 2. The van der Waals surface area contributed by atoms with Crippen molar-refractivity contribution >= 4 is 78.9 Å². The molecule has 3 aromatic carbocycles. The van der Waals surface area contributed by atoms with Crippen LogP contribution in [-0.2, 0) is 9.59 Å². The molecule has 1 aliphatic heterocycles. The number of fused-ring (bicyclic) bond motifs is 1. The van der Waals surface area contributed by atoms with Crippen molar-refractivity contribution in [3.63, 3.8) is 0 Å². The number of ketones is 1. The molecule has 1 atom stereocenters. The highest BCUT2D eigenvalue weighted by Gasteiger charge is 2.48. The largest absolute Gasteiger partial charge is 0.507 e. The van der Waals surface area contributed by atoms with Crippen LogP contribution in [0.5, 0.6) is 0 Å². The van der Waals surface area contributed by atoms with E-state index in [1.54, 1.807) is 66.7 Å². The lowest BCUT2D eigenvalue weighted by atomic mass is 9.95. The minimum Gasteiger partial charge on any atom is -0.507 e. The van der Waals surface area contributed by atoms with Crippen LogP contribution in [0.4, 0.5) is 5.13 Å². The number of thiazole rings is 1. The van der Waals surface area contributed by atoms with Crippen molar-refractivity contribution in [2.24, 2.45) is 0 Å². The molecule has 0 radical (unpaired) electrons. The molecule has 0 saturated carbocycles. The Morgan fingerprint density at radius 1 is 0.879 bits per heavy atom. The zero-order valence-corrected chi connectivity index (χ0v) is 19.7. The fourth-order valence-electron chi connectivity index (χ4n) is 3.74. The SMILES string of the molecule is O=C1C(=O)N(c2nc3ccc(Cl)cc3s2)C(c2ccc(Cl)cc2)C1=C(O)c1ccc(Cl)cc1. The summed E-state index contributed by atoms with van der Waals surface area (Å²) in [5.74, 6) is -1.88. The van der Waals surface area contributed by atoms with Crippen LogP contribution in [0.2, 0.25) is 15.1 Å². The van der Waals surface area contributed by atoms with E-state index in [0.717, 1.165) is 4.70 Å². The van der Waals surface area contributed by atoms with E-state index in [2.05, 4.69) is 4.98 Å². The molecule has 0 spiro atoms. The lowest BCUT2D eigenvalue weighted by Crippen LogP contribution is -2.29. The van der Waals surface area contributed by atoms with Crippen molar-refractivity contribution in [2.45, 2.75) is 6.04 Å². The van der Waals surface area contributed by atoms with Gasteiger partial charge in [-0.15, -0.1) is 0 Å². The summed E-state index contributed by atoms with van der Waals surface area (Å²) in [6.07, 6.45) is 0. The summed E-state index contributed by atoms with van der Waals surface area (Å²) in [7, 11) is 0. The number of aliphatic hydroxyl groups excluding tert-OH is 1. The highest BCUT2D eigenvalue weighted by Crippen LogP contribution is 2.44. The number of carbonyl (C=O) groups is 2. The Morgan fingerprint density at radius 2 is 1.48 bits per heavy atom. The van der Waals surface area contributed by atoms with Crippen molar-refractivity contribution in [3.05, 3.63) is 98.5 Å². The van der Waals surface area contributed by atoms with Crippen LogP contribution in [0.15, 0.2) is 72.3 Å². The third-order valence-electron chi connectivity index (χ3n) is 5.29. The molecule has 164 valence electrons. The Hall–Kier alpha value is -2.90. The molecule has 2 heterocycles. The number of rotatable bonds is 3. The second-order valence-corrected chi connectivity index (χ2v) is 9.65. The predicted octanol–water partition coefficient (Wildman–Crippen LogP) is 6.88. The third-order valence-corrected chi connectivity index (χ3v) is 7.05. The number of anilines is 1. The first kappa shape index (κ1) is 21.9. The van der Waals surface area contributed by atoms with Crippen molar-refractivity contribution in [1.82, 2.24) is 4.98 Å². The molecule has 0 aliphatic carbocycles. The minimum absolute atomic E-state index is 0.0399. The van der Waals surface area contributed by atoms with E-state index in [9.17, 15) is 14.7 Å². The molecule has 4 aromatic rings. The number of nitrogens with zero attached hydrogens (tertiary/aromatic N) is 2. The highest BCUT2D eigenvalue weighted by atomic mass is 35.5. The van der Waals surface area contributed by atoms with Gasteiger partial charge in [0.15, 0.2) is 5.13 Å². The number of amides is 1. The number of aliphatic hydroxyl groups is 1. The minimum atomic E-state index is -0.894. The summed E-state index contributed by atoms with van der Waals surface area (Å²) in [4.78, 5) is 32.3. The maximum absolute atomic E-state index is 13.2. The van der Waals surface area contributed by atoms with Gasteiger partial charge in [0.2, 0.25) is 0 Å². The van der Waals surface area contributed by atoms with E-state index in [0.29, 0.717) is 36.8 Å². The van der Waals surface area contributed by atoms with Crippen LogP contribution in [0.25, 0.3) is 16.0 Å². The van der Waals surface area contributed by atoms with E-state index < -0.39 is 17.7 Å². The van der Waals surface area contributed by atoms with Gasteiger partial charge in [-0.2, -0.15) is 0 Å². The van der Waals surface area contributed by atoms with Gasteiger partial charge in [0, 0.05) is 20.6 Å². The molecule has 5 nitrogen and oxygen atoms in total. The van der Waals surface area contributed by atoms with Gasteiger partial charge in [0.1, 0.15) is 5.76 Å². The Morgan fingerprint density at radius 3 is 2.15 bits per heavy atom. The van der Waals surface area contributed by atoms with Gasteiger partial charge in [-0.05, 0) is 60.2 Å². The van der Waals surface area contributed by atoms with Gasteiger partial charge in [-0.25, -0.2) is 4.98 Å². The van der Waals surface area contributed by atoms with Crippen LogP contribution in [0.1, 0.15) is 17.2 Å². The molecule has 1 saturated heterocycles. The van der Waals surface area contributed by atoms with E-state index in [4.69, 9.17) is 34.8 Å². The number of Topliss-reactive ketones (excluding diaryl/α,β-unsaturated/α-hetero) is 1. The summed E-state index contributed by atoms with van der Waals surface area (Å²) in [6.45, 7) is 0. The molecule has 1 aliphatic rings. The summed E-state index contributed by atoms with van der Waals surface area (Å²) < 4.78 is 0.770. The molecule has 0 bridgehead atoms. The number of hydrogen-bond donors (Lipinski definition) is 1. The number of hydrogen-bond acceptors (Lipinski definition) is 5. The average molecular weight is 516 g/mol. The van der Waals surface area contributed by atoms with E-state index in [1.165, 1.54) is 16.2 Å². The first-order valence-corrected chi connectivity index (χ1v) is 11.7. The summed E-state index contributed by atoms with van der Waals surface area (Å²) in [5, 5.41) is 12.9. The predicted molar refractivity (Wildman–Crippen MR) is 132 cm³/mol. The van der Waals surface area contributed by atoms with Crippen LogP contribution in [0.3, 0.4) is 0 Å². The van der Waals surface area contributed by atoms with Gasteiger partial charge in [-0.3, -0.25) is 14.5 Å². The fourth-order valence-corrected chi connectivity index (χ4v) is 5.26. The van der Waals surface area contributed by atoms with Crippen LogP contribution in [0, 0.1) is 0 Å². The normalized spacial score (nSPS) is 17.8. The molecule has 1 amide bonds. The Labute approximate surface area is 207 Å². The summed E-state index contributed by atoms with van der Waals surface area (Å²) >= 11 is 19.4. The average Bonchev–Trinajstić information content (AvgIpc) is 3.32. The number of halogens is 3. The van der Waals surface area contributed by atoms with Gasteiger partial charge >= 0.3 is 5.91 Å². The summed E-state index contributed by atoms with van der Waals surface area (Å²) in [5.41, 5.74) is 1.58. The molecular formula is C24H13Cl3N2O3S. The van der Waals surface area contributed by atoms with Gasteiger partial charge in [0.25, 0.3) is 5.78 Å². The maximum Gasteiger partial charge on any atom is 0.301 e. The molecule has 1 aromatic heterocycles. The van der Waals surface area contributed by atoms with Crippen molar-refractivity contribution in [2.75, 3.05) is 4.90 Å². The molecule has 1 unspecified atom stereocenters. The molecule has 1 N–H and O–H groups in total. The Kier molecular flexibility index (Phi) is 5.62. The number of benzene rings is 3. The van der Waals surface area contributed by atoms with Crippen LogP contribution < -0.4 is 4.90 Å². The van der Waals surface area contributed by atoms with E-state index in [1.807, 2.05) is 0 Å². The molecule has 1 fully saturated rings. The second kappa shape index (κ2) is 8.47. The lowest BCUT2D eigenvalue weighted by molar-refractivity contribution is -0.132. The zero-order valence-electron chi connectivity index (χ0n) is 16.6. The molecular weight excluding hydrogens is 503 g/mol. The van der Waals surface area contributed by atoms with Crippen LogP contribution >= 0.6 is 46.1 Å². The second-order valence-electron chi connectivity index (χ2n) is 7.34. The van der Waals surface area contributed by atoms with E-state index in [-0.39, 0.29) is 11.3 Å². The van der Waals surface area contributed by atoms with Gasteiger partial charge in [0.05, 0.1) is 21.8 Å².